The molecule has 0 fully saturated rings. The molecule has 0 aliphatic carbocycles. The molecule has 1 N–H and O–H groups in total. The number of rotatable bonds is 25. The van der Waals surface area contributed by atoms with Crippen LogP contribution in [-0.4, -0.2) is 23.7 Å². The van der Waals surface area contributed by atoms with E-state index in [-0.39, 0.29) is 5.97 Å². The average molecular weight is 509 g/mol. The van der Waals surface area contributed by atoms with Gasteiger partial charge >= 0.3 is 11.9 Å². The van der Waals surface area contributed by atoms with Crippen molar-refractivity contribution in [3.05, 3.63) is 24.3 Å². The Morgan fingerprint density at radius 3 is 1.25 bits per heavy atom. The van der Waals surface area contributed by atoms with E-state index in [1.54, 1.807) is 6.92 Å². The molecular formula is C32H60O4. The normalized spacial score (nSPS) is 10.4. The summed E-state index contributed by atoms with van der Waals surface area (Å²) in [7, 11) is 0. The van der Waals surface area contributed by atoms with Gasteiger partial charge in [-0.15, -0.1) is 0 Å². The topological polar surface area (TPSA) is 63.6 Å². The second-order valence-electron chi connectivity index (χ2n) is 10.3. The largest absolute Gasteiger partial charge is 0.478 e. The van der Waals surface area contributed by atoms with Gasteiger partial charge in [0.15, 0.2) is 0 Å². The first-order valence-corrected chi connectivity index (χ1v) is 15.1. The number of carboxylic acids is 1. The number of carbonyl (C=O) groups excluding carboxylic acids is 1. The minimum absolute atomic E-state index is 0.258. The highest BCUT2D eigenvalue weighted by molar-refractivity contribution is 5.86. The van der Waals surface area contributed by atoms with Crippen molar-refractivity contribution >= 4 is 11.9 Å². The van der Waals surface area contributed by atoms with Crippen molar-refractivity contribution in [2.24, 2.45) is 0 Å². The van der Waals surface area contributed by atoms with Gasteiger partial charge < -0.3 is 9.84 Å². The zero-order chi connectivity index (χ0) is 27.3. The Bertz CT molecular complexity index is 490. The molecule has 0 atom stereocenters. The van der Waals surface area contributed by atoms with E-state index >= 15 is 0 Å². The third kappa shape index (κ3) is 30.5. The number of aliphatic carboxylic acids is 1. The van der Waals surface area contributed by atoms with Crippen molar-refractivity contribution < 1.29 is 19.4 Å². The molecule has 0 aliphatic heterocycles. The summed E-state index contributed by atoms with van der Waals surface area (Å²) in [6.07, 6.45) is 27.8. The van der Waals surface area contributed by atoms with E-state index in [2.05, 4.69) is 27.0 Å². The molecule has 0 radical (unpaired) electrons. The Balaban J connectivity index is 0. The molecule has 0 saturated heterocycles. The van der Waals surface area contributed by atoms with Gasteiger partial charge in [0.2, 0.25) is 0 Å². The van der Waals surface area contributed by atoms with Crippen LogP contribution in [0.4, 0.5) is 0 Å². The maximum atomic E-state index is 11.1. The van der Waals surface area contributed by atoms with Gasteiger partial charge in [-0.05, 0) is 26.2 Å². The highest BCUT2D eigenvalue weighted by atomic mass is 16.5. The lowest BCUT2D eigenvalue weighted by Gasteiger charge is -2.04. The van der Waals surface area contributed by atoms with Gasteiger partial charge in [0.1, 0.15) is 0 Å². The molecule has 0 aromatic rings. The standard InChI is InChI=1S/2C16H30O2/c1-4-5-6-7-8-9-10-11-12-13-14-18-16(17)15(2)3;1-3-4-5-6-7-8-9-10-11-12-13-14-15(2)16(17)18/h2,4-14H2,1,3H3;2-14H2,1H3,(H,17,18). The van der Waals surface area contributed by atoms with Crippen molar-refractivity contribution in [2.45, 2.75) is 162 Å². The molecule has 0 amide bonds. The Morgan fingerprint density at radius 2 is 0.917 bits per heavy atom. The van der Waals surface area contributed by atoms with Crippen molar-refractivity contribution in [3.63, 3.8) is 0 Å². The number of hydrogen-bond acceptors (Lipinski definition) is 3. The molecule has 0 aromatic heterocycles. The minimum atomic E-state index is -0.845. The Labute approximate surface area is 224 Å². The van der Waals surface area contributed by atoms with Crippen LogP contribution in [0.25, 0.3) is 0 Å². The molecule has 0 rings (SSSR count). The van der Waals surface area contributed by atoms with Crippen LogP contribution in [-0.2, 0) is 14.3 Å². The molecule has 0 spiro atoms. The number of unbranched alkanes of at least 4 members (excludes halogenated alkanes) is 19. The minimum Gasteiger partial charge on any atom is -0.478 e. The van der Waals surface area contributed by atoms with E-state index in [9.17, 15) is 9.59 Å². The van der Waals surface area contributed by atoms with Gasteiger partial charge in [-0.3, -0.25) is 0 Å². The van der Waals surface area contributed by atoms with Gasteiger partial charge in [-0.2, -0.15) is 0 Å². The molecule has 212 valence electrons. The smallest absolute Gasteiger partial charge is 0.333 e. The van der Waals surface area contributed by atoms with Gasteiger partial charge in [0.25, 0.3) is 0 Å². The van der Waals surface area contributed by atoms with E-state index < -0.39 is 5.97 Å². The van der Waals surface area contributed by atoms with Crippen LogP contribution in [0, 0.1) is 0 Å². The molecular weight excluding hydrogens is 448 g/mol. The summed E-state index contributed by atoms with van der Waals surface area (Å²) in [5, 5.41) is 8.64. The Kier molecular flexibility index (Phi) is 30.1. The van der Waals surface area contributed by atoms with Gasteiger partial charge in [-0.25, -0.2) is 9.59 Å². The van der Waals surface area contributed by atoms with Gasteiger partial charge in [0, 0.05) is 11.1 Å². The molecule has 36 heavy (non-hydrogen) atoms. The maximum Gasteiger partial charge on any atom is 0.333 e. The zero-order valence-electron chi connectivity index (χ0n) is 24.3. The van der Waals surface area contributed by atoms with E-state index in [1.165, 1.54) is 116 Å². The quantitative estimate of drug-likeness (QED) is 0.0756. The summed E-state index contributed by atoms with van der Waals surface area (Å²) < 4.78 is 5.04. The number of carboxylic acid groups (broad SMARTS) is 1. The summed E-state index contributed by atoms with van der Waals surface area (Å²) in [5.74, 6) is -1.10. The molecule has 0 bridgehead atoms. The van der Waals surface area contributed by atoms with Crippen LogP contribution in [0.2, 0.25) is 0 Å². The molecule has 4 nitrogen and oxygen atoms in total. The zero-order valence-corrected chi connectivity index (χ0v) is 24.3. The number of carbonyl (C=O) groups is 2. The molecule has 0 heterocycles. The molecule has 4 heteroatoms. The number of ether oxygens (including phenoxy) is 1. The Hall–Kier alpha value is -1.58. The van der Waals surface area contributed by atoms with Crippen molar-refractivity contribution in [3.8, 4) is 0 Å². The van der Waals surface area contributed by atoms with Crippen molar-refractivity contribution in [1.82, 2.24) is 0 Å². The van der Waals surface area contributed by atoms with Crippen molar-refractivity contribution in [1.29, 1.82) is 0 Å². The summed E-state index contributed by atoms with van der Waals surface area (Å²) in [6.45, 7) is 13.8. The summed E-state index contributed by atoms with van der Waals surface area (Å²) >= 11 is 0. The lowest BCUT2D eigenvalue weighted by molar-refractivity contribution is -0.139. The fourth-order valence-electron chi connectivity index (χ4n) is 3.99. The molecule has 0 unspecified atom stereocenters. The SMILES string of the molecule is C=C(C)C(=O)OCCCCCCCCCCCC.C=C(CCCCCCCCCCCCC)C(=O)O. The predicted molar refractivity (Wildman–Crippen MR) is 155 cm³/mol. The third-order valence-electron chi connectivity index (χ3n) is 6.46. The predicted octanol–water partition coefficient (Wildman–Crippen LogP) is 10.4. The van der Waals surface area contributed by atoms with Crippen LogP contribution < -0.4 is 0 Å². The fraction of sp³-hybridized carbons (Fsp3) is 0.812. The van der Waals surface area contributed by atoms with E-state index in [1.807, 2.05) is 0 Å². The maximum absolute atomic E-state index is 11.1. The number of esters is 1. The highest BCUT2D eigenvalue weighted by Gasteiger charge is 2.03. The number of hydrogen-bond donors (Lipinski definition) is 1. The van der Waals surface area contributed by atoms with Gasteiger partial charge in [0.05, 0.1) is 6.61 Å². The van der Waals surface area contributed by atoms with Crippen LogP contribution in [0.15, 0.2) is 24.3 Å². The van der Waals surface area contributed by atoms with E-state index in [0.717, 1.165) is 19.3 Å². The average Bonchev–Trinajstić information content (AvgIpc) is 2.85. The molecule has 0 saturated carbocycles. The first-order chi connectivity index (χ1) is 17.4. The monoisotopic (exact) mass is 508 g/mol. The lowest BCUT2D eigenvalue weighted by Crippen LogP contribution is -2.05. The second kappa shape index (κ2) is 29.6. The second-order valence-corrected chi connectivity index (χ2v) is 10.3. The van der Waals surface area contributed by atoms with Crippen LogP contribution >= 0.6 is 0 Å². The first-order valence-electron chi connectivity index (χ1n) is 15.1. The molecule has 0 aliphatic rings. The van der Waals surface area contributed by atoms with Crippen LogP contribution in [0.3, 0.4) is 0 Å². The van der Waals surface area contributed by atoms with Crippen LogP contribution in [0.1, 0.15) is 162 Å². The molecule has 0 aromatic carbocycles. The summed E-state index contributed by atoms with van der Waals surface area (Å²) in [4.78, 5) is 21.6. The van der Waals surface area contributed by atoms with E-state index in [0.29, 0.717) is 24.2 Å². The summed E-state index contributed by atoms with van der Waals surface area (Å²) in [5.41, 5.74) is 0.841. The first kappa shape index (κ1) is 36.6. The fourth-order valence-corrected chi connectivity index (χ4v) is 3.99. The summed E-state index contributed by atoms with van der Waals surface area (Å²) in [6, 6.07) is 0. The highest BCUT2D eigenvalue weighted by Crippen LogP contribution is 2.13. The van der Waals surface area contributed by atoms with Gasteiger partial charge in [-0.1, -0.05) is 149 Å². The van der Waals surface area contributed by atoms with E-state index in [4.69, 9.17) is 9.84 Å². The third-order valence-corrected chi connectivity index (χ3v) is 6.46. The van der Waals surface area contributed by atoms with Crippen molar-refractivity contribution in [2.75, 3.05) is 6.61 Å². The lowest BCUT2D eigenvalue weighted by atomic mass is 10.0. The Morgan fingerprint density at radius 1 is 0.583 bits per heavy atom. The van der Waals surface area contributed by atoms with Crippen LogP contribution in [0.5, 0.6) is 0 Å².